The highest BCUT2D eigenvalue weighted by Gasteiger charge is 2.30. The summed E-state index contributed by atoms with van der Waals surface area (Å²) in [5.74, 6) is 1.49. The topological polar surface area (TPSA) is 100 Å². The highest BCUT2D eigenvalue weighted by molar-refractivity contribution is 7.99. The number of rotatable bonds is 6. The van der Waals surface area contributed by atoms with Crippen LogP contribution in [0.5, 0.6) is 11.5 Å². The van der Waals surface area contributed by atoms with E-state index in [1.165, 1.54) is 18.9 Å². The van der Waals surface area contributed by atoms with Crippen LogP contribution < -0.4 is 20.3 Å². The molecule has 10 heteroatoms. The van der Waals surface area contributed by atoms with Crippen LogP contribution in [0.3, 0.4) is 0 Å². The van der Waals surface area contributed by atoms with Crippen molar-refractivity contribution < 1.29 is 14.3 Å². The summed E-state index contributed by atoms with van der Waals surface area (Å²) >= 11 is 1.47. The number of carbonyl (C=O) groups is 1. The van der Waals surface area contributed by atoms with Crippen molar-refractivity contribution in [3.8, 4) is 17.2 Å². The van der Waals surface area contributed by atoms with E-state index in [1.54, 1.807) is 40.8 Å². The Morgan fingerprint density at radius 3 is 2.82 bits per heavy atom. The van der Waals surface area contributed by atoms with Crippen molar-refractivity contribution in [3.63, 3.8) is 0 Å². The molecule has 1 N–H and O–H groups in total. The summed E-state index contributed by atoms with van der Waals surface area (Å²) in [7, 11) is 3.09. The van der Waals surface area contributed by atoms with Crippen LogP contribution in [0.4, 0.5) is 5.69 Å². The lowest BCUT2D eigenvalue weighted by Crippen LogP contribution is -2.27. The summed E-state index contributed by atoms with van der Waals surface area (Å²) in [6.45, 7) is 2.00. The fourth-order valence-corrected chi connectivity index (χ4v) is 5.18. The van der Waals surface area contributed by atoms with Crippen LogP contribution in [-0.2, 0) is 4.79 Å². The van der Waals surface area contributed by atoms with E-state index in [0.29, 0.717) is 39.1 Å². The van der Waals surface area contributed by atoms with Gasteiger partial charge in [-0.2, -0.15) is 5.10 Å². The Labute approximate surface area is 199 Å². The summed E-state index contributed by atoms with van der Waals surface area (Å²) in [5.41, 5.74) is 2.80. The van der Waals surface area contributed by atoms with Crippen molar-refractivity contribution in [3.05, 3.63) is 64.6 Å². The molecule has 1 amide bonds. The number of amides is 1. The minimum absolute atomic E-state index is 0.133. The summed E-state index contributed by atoms with van der Waals surface area (Å²) in [6, 6.07) is 12.7. The van der Waals surface area contributed by atoms with E-state index in [9.17, 15) is 9.59 Å². The molecule has 2 aromatic carbocycles. The highest BCUT2D eigenvalue weighted by atomic mass is 32.2. The van der Waals surface area contributed by atoms with Crippen LogP contribution in [-0.4, -0.2) is 45.2 Å². The lowest BCUT2D eigenvalue weighted by molar-refractivity contribution is -0.116. The molecule has 0 radical (unpaired) electrons. The van der Waals surface area contributed by atoms with Crippen molar-refractivity contribution in [2.75, 3.05) is 25.3 Å². The molecule has 4 aromatic rings. The zero-order valence-corrected chi connectivity index (χ0v) is 19.8. The lowest BCUT2D eigenvalue weighted by atomic mass is 10.2. The molecular formula is C24H23N5O4S. The second-order valence-corrected chi connectivity index (χ2v) is 8.97. The van der Waals surface area contributed by atoms with Crippen molar-refractivity contribution in [1.29, 1.82) is 0 Å². The van der Waals surface area contributed by atoms with Crippen LogP contribution in [0, 0.1) is 6.92 Å². The molecule has 1 aliphatic rings. The number of carbonyl (C=O) groups excluding carboxylic acids is 1. The van der Waals surface area contributed by atoms with Gasteiger partial charge in [0.2, 0.25) is 5.91 Å². The van der Waals surface area contributed by atoms with Gasteiger partial charge in [0, 0.05) is 18.2 Å². The molecule has 34 heavy (non-hydrogen) atoms. The van der Waals surface area contributed by atoms with Crippen molar-refractivity contribution >= 4 is 34.4 Å². The molecule has 2 aromatic heterocycles. The van der Waals surface area contributed by atoms with E-state index in [2.05, 4.69) is 10.4 Å². The number of aromatic nitrogens is 4. The Balaban J connectivity index is 1.42. The number of benzene rings is 2. The van der Waals surface area contributed by atoms with Gasteiger partial charge in [0.15, 0.2) is 10.8 Å². The average molecular weight is 478 g/mol. The minimum Gasteiger partial charge on any atom is -0.497 e. The Morgan fingerprint density at radius 2 is 2.06 bits per heavy atom. The number of anilines is 1. The predicted molar refractivity (Wildman–Crippen MR) is 130 cm³/mol. The molecule has 0 fully saturated rings. The third-order valence-electron chi connectivity index (χ3n) is 5.72. The quantitative estimate of drug-likeness (QED) is 0.424. The molecular weight excluding hydrogens is 454 g/mol. The number of ether oxygens (including phenoxy) is 2. The van der Waals surface area contributed by atoms with Crippen molar-refractivity contribution in [1.82, 2.24) is 19.3 Å². The van der Waals surface area contributed by atoms with Crippen LogP contribution in [0.2, 0.25) is 0 Å². The predicted octanol–water partition coefficient (Wildman–Crippen LogP) is 3.58. The number of nitrogens with zero attached hydrogens (tertiary/aromatic N) is 4. The molecule has 0 bridgehead atoms. The van der Waals surface area contributed by atoms with Gasteiger partial charge in [0.1, 0.15) is 16.9 Å². The first-order chi connectivity index (χ1) is 16.5. The number of fused-ring (bicyclic) bond motifs is 2. The maximum atomic E-state index is 13.3. The molecule has 3 heterocycles. The standard InChI is InChI=1S/C24H23N5O4S/c1-14-5-4-6-15(9-14)29-22-18(12-25-29)23(31)28-16(13-34-24(28)27-22)10-21(30)26-19-8-7-17(32-2)11-20(19)33-3/h4-9,11-12,16H,10,13H2,1-3H3,(H,26,30). The largest absolute Gasteiger partial charge is 0.497 e. The Bertz CT molecular complexity index is 1460. The van der Waals surface area contributed by atoms with Gasteiger partial charge in [-0.1, -0.05) is 23.9 Å². The summed E-state index contributed by atoms with van der Waals surface area (Å²) in [4.78, 5) is 30.9. The van der Waals surface area contributed by atoms with E-state index < -0.39 is 0 Å². The summed E-state index contributed by atoms with van der Waals surface area (Å²) in [5, 5.41) is 8.30. The monoisotopic (exact) mass is 477 g/mol. The molecule has 174 valence electrons. The molecule has 1 unspecified atom stereocenters. The number of nitrogens with one attached hydrogen (secondary N) is 1. The zero-order valence-electron chi connectivity index (χ0n) is 18.9. The zero-order chi connectivity index (χ0) is 23.8. The lowest BCUT2D eigenvalue weighted by Gasteiger charge is -2.15. The molecule has 0 saturated heterocycles. The van der Waals surface area contributed by atoms with Crippen molar-refractivity contribution in [2.45, 2.75) is 24.5 Å². The third kappa shape index (κ3) is 3.90. The third-order valence-corrected chi connectivity index (χ3v) is 6.82. The minimum atomic E-state index is -0.309. The van der Waals surface area contributed by atoms with Crippen LogP contribution in [0.1, 0.15) is 18.0 Å². The van der Waals surface area contributed by atoms with Gasteiger partial charge >= 0.3 is 0 Å². The van der Waals surface area contributed by atoms with E-state index in [4.69, 9.17) is 14.5 Å². The van der Waals surface area contributed by atoms with Gasteiger partial charge in [-0.3, -0.25) is 14.2 Å². The molecule has 1 atom stereocenters. The Hall–Kier alpha value is -3.79. The van der Waals surface area contributed by atoms with Gasteiger partial charge in [0.05, 0.1) is 37.8 Å². The SMILES string of the molecule is COc1ccc(NC(=O)CC2CSc3nc4c(cnn4-c4cccc(C)c4)c(=O)n32)c(OC)c1. The molecule has 0 spiro atoms. The van der Waals surface area contributed by atoms with Gasteiger partial charge in [0.25, 0.3) is 5.56 Å². The number of thioether (sulfide) groups is 1. The maximum absolute atomic E-state index is 13.3. The number of aryl methyl sites for hydroxylation is 1. The second kappa shape index (κ2) is 8.86. The van der Waals surface area contributed by atoms with Gasteiger partial charge in [-0.15, -0.1) is 0 Å². The fourth-order valence-electron chi connectivity index (χ4n) is 4.05. The first kappa shape index (κ1) is 22.0. The normalized spacial score (nSPS) is 14.7. The van der Waals surface area contributed by atoms with E-state index >= 15 is 0 Å². The average Bonchev–Trinajstić information content (AvgIpc) is 3.44. The number of methoxy groups -OCH3 is 2. The fraction of sp³-hybridized carbons (Fsp3) is 0.250. The molecule has 0 aliphatic carbocycles. The summed E-state index contributed by atoms with van der Waals surface area (Å²) in [6.07, 6.45) is 1.68. The molecule has 0 saturated carbocycles. The van der Waals surface area contributed by atoms with Crippen molar-refractivity contribution in [2.24, 2.45) is 0 Å². The smallest absolute Gasteiger partial charge is 0.265 e. The molecule has 1 aliphatic heterocycles. The van der Waals surface area contributed by atoms with Gasteiger partial charge in [-0.05, 0) is 36.8 Å². The maximum Gasteiger partial charge on any atom is 0.265 e. The highest BCUT2D eigenvalue weighted by Crippen LogP contribution is 2.34. The van der Waals surface area contributed by atoms with E-state index in [-0.39, 0.29) is 23.9 Å². The Kier molecular flexibility index (Phi) is 5.74. The van der Waals surface area contributed by atoms with E-state index in [1.807, 2.05) is 31.2 Å². The van der Waals surface area contributed by atoms with Crippen LogP contribution in [0.25, 0.3) is 16.7 Å². The van der Waals surface area contributed by atoms with Gasteiger partial charge in [-0.25, -0.2) is 9.67 Å². The van der Waals surface area contributed by atoms with Crippen LogP contribution in [0.15, 0.2) is 58.6 Å². The summed E-state index contributed by atoms with van der Waals surface area (Å²) < 4.78 is 13.8. The first-order valence-corrected chi connectivity index (χ1v) is 11.7. The van der Waals surface area contributed by atoms with E-state index in [0.717, 1.165) is 11.3 Å². The number of hydrogen-bond donors (Lipinski definition) is 1. The Morgan fingerprint density at radius 1 is 1.21 bits per heavy atom. The van der Waals surface area contributed by atoms with Crippen LogP contribution >= 0.6 is 11.8 Å². The molecule has 5 rings (SSSR count). The van der Waals surface area contributed by atoms with Gasteiger partial charge < -0.3 is 14.8 Å². The second-order valence-electron chi connectivity index (χ2n) is 7.99. The molecule has 9 nitrogen and oxygen atoms in total. The number of hydrogen-bond acceptors (Lipinski definition) is 7. The first-order valence-electron chi connectivity index (χ1n) is 10.7.